The Bertz CT molecular complexity index is 1400. The van der Waals surface area contributed by atoms with E-state index in [9.17, 15) is 10.2 Å². The number of nitrogens with one attached hydrogen (secondary N) is 1. The third-order valence-electron chi connectivity index (χ3n) is 5.55. The Kier molecular flexibility index (Phi) is 7.30. The summed E-state index contributed by atoms with van der Waals surface area (Å²) in [7, 11) is 1.64. The van der Waals surface area contributed by atoms with Crippen molar-refractivity contribution in [3.8, 4) is 39.0 Å². The Morgan fingerprint density at radius 1 is 1.18 bits per heavy atom. The number of ether oxygens (including phenoxy) is 1. The van der Waals surface area contributed by atoms with E-state index in [1.165, 1.54) is 0 Å². The van der Waals surface area contributed by atoms with Crippen LogP contribution in [0.4, 0.5) is 0 Å². The second-order valence-corrected chi connectivity index (χ2v) is 9.09. The van der Waals surface area contributed by atoms with Crippen LogP contribution in [0.25, 0.3) is 44.1 Å². The summed E-state index contributed by atoms with van der Waals surface area (Å²) in [5, 5.41) is 23.0. The molecule has 0 saturated heterocycles. The highest BCUT2D eigenvalue weighted by Crippen LogP contribution is 2.39. The van der Waals surface area contributed by atoms with E-state index < -0.39 is 6.10 Å². The molecule has 0 radical (unpaired) electrons. The first-order valence-corrected chi connectivity index (χ1v) is 11.7. The van der Waals surface area contributed by atoms with Crippen molar-refractivity contribution in [3.05, 3.63) is 71.2 Å². The number of thiophene rings is 1. The van der Waals surface area contributed by atoms with Crippen LogP contribution in [-0.4, -0.2) is 44.6 Å². The predicted molar refractivity (Wildman–Crippen MR) is 140 cm³/mol. The second kappa shape index (κ2) is 10.2. The highest BCUT2D eigenvalue weighted by molar-refractivity contribution is 7.13. The largest absolute Gasteiger partial charge is 0.497 e. The summed E-state index contributed by atoms with van der Waals surface area (Å²) >= 11 is 7.98. The summed E-state index contributed by atoms with van der Waals surface area (Å²) in [6, 6.07) is 17.5. The molecule has 1 unspecified atom stereocenters. The molecule has 0 saturated carbocycles. The summed E-state index contributed by atoms with van der Waals surface area (Å²) in [5.74, 6) is 1.56. The molecule has 0 aliphatic carbocycles. The van der Waals surface area contributed by atoms with Gasteiger partial charge in [-0.3, -0.25) is 0 Å². The molecule has 0 bridgehead atoms. The van der Waals surface area contributed by atoms with E-state index in [2.05, 4.69) is 4.98 Å². The topological polar surface area (TPSA) is 83.3 Å². The molecule has 3 N–H and O–H groups in total. The van der Waals surface area contributed by atoms with Crippen molar-refractivity contribution in [2.75, 3.05) is 13.7 Å². The molecule has 3 heterocycles. The van der Waals surface area contributed by atoms with Crippen molar-refractivity contribution < 1.29 is 14.9 Å². The monoisotopic (exact) mass is 515 g/mol. The number of aliphatic hydroxyl groups excluding tert-OH is 2. The number of aliphatic hydroxyl groups is 2. The number of aromatic nitrogens is 3. The van der Waals surface area contributed by atoms with Gasteiger partial charge in [-0.05, 0) is 53.9 Å². The van der Waals surface area contributed by atoms with Gasteiger partial charge in [0.1, 0.15) is 11.6 Å². The summed E-state index contributed by atoms with van der Waals surface area (Å²) in [6.07, 6.45) is 1.10. The average molecular weight is 516 g/mol. The lowest BCUT2D eigenvalue weighted by Gasteiger charge is -2.09. The Labute approximate surface area is 211 Å². The van der Waals surface area contributed by atoms with E-state index in [4.69, 9.17) is 21.3 Å². The number of H-pyrrole nitrogens is 1. The molecule has 0 amide bonds. The minimum absolute atomic E-state index is 0. The predicted octanol–water partition coefficient (Wildman–Crippen LogP) is 5.86. The van der Waals surface area contributed by atoms with Gasteiger partial charge in [0.25, 0.3) is 0 Å². The lowest BCUT2D eigenvalue weighted by molar-refractivity contribution is 0.0822. The molecule has 5 rings (SSSR count). The number of halogens is 2. The van der Waals surface area contributed by atoms with Crippen LogP contribution in [0.3, 0.4) is 0 Å². The fraction of sp³-hybridized carbons (Fsp3) is 0.160. The zero-order chi connectivity index (χ0) is 22.9. The number of rotatable bonds is 7. The fourth-order valence-electron chi connectivity index (χ4n) is 3.96. The van der Waals surface area contributed by atoms with Gasteiger partial charge < -0.3 is 24.5 Å². The second-order valence-electron chi connectivity index (χ2n) is 7.71. The summed E-state index contributed by atoms with van der Waals surface area (Å²) in [6.45, 7) is -0.0509. The van der Waals surface area contributed by atoms with Gasteiger partial charge in [-0.2, -0.15) is 0 Å². The third-order valence-corrected chi connectivity index (χ3v) is 6.66. The maximum Gasteiger partial charge on any atom is 0.148 e. The van der Waals surface area contributed by atoms with E-state index >= 15 is 0 Å². The standard InChI is InChI=1S/C25H22ClN3O3S.ClH/c1-32-18-7-4-15(5-8-18)23-24(28-25(27-23)22-3-2-10-33-22)20-13-29(12-17(31)14-30)21-9-6-16(26)11-19(20)21;/h2-11,13,17,30-31H,12,14H2,1H3,(H,27,28);1H. The number of fused-ring (bicyclic) bond motifs is 1. The quantitative estimate of drug-likeness (QED) is 0.253. The zero-order valence-electron chi connectivity index (χ0n) is 18.2. The highest BCUT2D eigenvalue weighted by Gasteiger charge is 2.21. The Morgan fingerprint density at radius 2 is 1.97 bits per heavy atom. The van der Waals surface area contributed by atoms with Crippen LogP contribution in [0, 0.1) is 0 Å². The van der Waals surface area contributed by atoms with Crippen LogP contribution in [0.15, 0.2) is 66.2 Å². The summed E-state index contributed by atoms with van der Waals surface area (Å²) in [5.41, 5.74) is 4.44. The minimum Gasteiger partial charge on any atom is -0.497 e. The van der Waals surface area contributed by atoms with E-state index in [1.807, 2.05) is 70.7 Å². The van der Waals surface area contributed by atoms with E-state index in [-0.39, 0.29) is 25.6 Å². The molecular weight excluding hydrogens is 493 g/mol. The van der Waals surface area contributed by atoms with E-state index in [0.717, 1.165) is 49.9 Å². The van der Waals surface area contributed by atoms with Crippen LogP contribution >= 0.6 is 35.3 Å². The van der Waals surface area contributed by atoms with Crippen molar-refractivity contribution in [1.29, 1.82) is 0 Å². The van der Waals surface area contributed by atoms with Crippen molar-refractivity contribution >= 4 is 46.2 Å². The van der Waals surface area contributed by atoms with Crippen LogP contribution in [0.2, 0.25) is 5.02 Å². The van der Waals surface area contributed by atoms with Crippen LogP contribution in [-0.2, 0) is 6.54 Å². The van der Waals surface area contributed by atoms with Crippen molar-refractivity contribution in [2.24, 2.45) is 0 Å². The molecule has 5 aromatic rings. The van der Waals surface area contributed by atoms with Gasteiger partial charge in [0, 0.05) is 33.2 Å². The Balaban J connectivity index is 0.00000274. The molecule has 9 heteroatoms. The molecule has 0 aliphatic rings. The number of benzene rings is 2. The van der Waals surface area contributed by atoms with Crippen LogP contribution in [0.5, 0.6) is 5.75 Å². The van der Waals surface area contributed by atoms with Crippen molar-refractivity contribution in [1.82, 2.24) is 14.5 Å². The first-order chi connectivity index (χ1) is 16.1. The minimum atomic E-state index is -0.867. The average Bonchev–Trinajstić information content (AvgIpc) is 3.58. The third kappa shape index (κ3) is 4.58. The number of aromatic amines is 1. The van der Waals surface area contributed by atoms with Gasteiger partial charge in [0.2, 0.25) is 0 Å². The first kappa shape index (κ1) is 24.3. The van der Waals surface area contributed by atoms with Gasteiger partial charge in [-0.1, -0.05) is 17.7 Å². The molecule has 6 nitrogen and oxygen atoms in total. The summed E-state index contributed by atoms with van der Waals surface area (Å²) < 4.78 is 7.25. The molecule has 3 aromatic heterocycles. The van der Waals surface area contributed by atoms with Crippen LogP contribution < -0.4 is 4.74 Å². The molecule has 34 heavy (non-hydrogen) atoms. The first-order valence-electron chi connectivity index (χ1n) is 10.4. The molecule has 176 valence electrons. The molecule has 1 atom stereocenters. The zero-order valence-corrected chi connectivity index (χ0v) is 20.6. The molecule has 0 aliphatic heterocycles. The number of methoxy groups -OCH3 is 1. The van der Waals surface area contributed by atoms with Gasteiger partial charge >= 0.3 is 0 Å². The van der Waals surface area contributed by atoms with Crippen molar-refractivity contribution in [2.45, 2.75) is 12.6 Å². The number of hydrogen-bond acceptors (Lipinski definition) is 5. The maximum atomic E-state index is 10.1. The van der Waals surface area contributed by atoms with Gasteiger partial charge in [-0.15, -0.1) is 23.7 Å². The van der Waals surface area contributed by atoms with Crippen molar-refractivity contribution in [3.63, 3.8) is 0 Å². The number of nitrogens with zero attached hydrogens (tertiary/aromatic N) is 2. The lowest BCUT2D eigenvalue weighted by atomic mass is 10.0. The molecular formula is C25H23Cl2N3O3S. The highest BCUT2D eigenvalue weighted by atomic mass is 35.5. The maximum absolute atomic E-state index is 10.1. The normalized spacial score (nSPS) is 12.0. The molecule has 0 fully saturated rings. The summed E-state index contributed by atoms with van der Waals surface area (Å²) in [4.78, 5) is 9.51. The van der Waals surface area contributed by atoms with E-state index in [1.54, 1.807) is 18.4 Å². The SMILES string of the molecule is COc1ccc(-c2nc(-c3cccs3)[nH]c2-c2cn(CC(O)CO)c3ccc(Cl)cc23)cc1.Cl. The fourth-order valence-corrected chi connectivity index (χ4v) is 4.80. The van der Waals surface area contributed by atoms with Gasteiger partial charge in [-0.25, -0.2) is 4.98 Å². The molecule has 2 aromatic carbocycles. The Morgan fingerprint density at radius 3 is 2.65 bits per heavy atom. The van der Waals surface area contributed by atoms with Crippen LogP contribution in [0.1, 0.15) is 0 Å². The lowest BCUT2D eigenvalue weighted by Crippen LogP contribution is -2.19. The molecule has 0 spiro atoms. The smallest absolute Gasteiger partial charge is 0.148 e. The number of hydrogen-bond donors (Lipinski definition) is 3. The van der Waals surface area contributed by atoms with Gasteiger partial charge in [0.15, 0.2) is 0 Å². The van der Waals surface area contributed by atoms with E-state index in [0.29, 0.717) is 5.02 Å². The van der Waals surface area contributed by atoms with Gasteiger partial charge in [0.05, 0.1) is 42.6 Å². The Hall–Kier alpha value is -2.81. The number of imidazole rings is 1.